The maximum atomic E-state index is 12.6. The van der Waals surface area contributed by atoms with E-state index < -0.39 is 6.04 Å². The molecular weight excluding hydrogens is 254 g/mol. The molecule has 1 heterocycles. The summed E-state index contributed by atoms with van der Waals surface area (Å²) in [4.78, 5) is 16.1. The SMILES string of the molecule is COCCCN1C(=O)c2c(cccc2N(C)C)C1C#N. The lowest BCUT2D eigenvalue weighted by Gasteiger charge is -2.19. The predicted octanol–water partition coefficient (Wildman–Crippen LogP) is 1.81. The number of rotatable bonds is 5. The molecule has 0 N–H and O–H groups in total. The zero-order valence-corrected chi connectivity index (χ0v) is 12.1. The summed E-state index contributed by atoms with van der Waals surface area (Å²) in [5, 5.41) is 9.40. The van der Waals surface area contributed by atoms with Gasteiger partial charge in [0.05, 0.1) is 11.6 Å². The third-order valence-corrected chi connectivity index (χ3v) is 3.51. The Morgan fingerprint density at radius 3 is 2.80 bits per heavy atom. The van der Waals surface area contributed by atoms with Crippen LogP contribution in [0.5, 0.6) is 0 Å². The number of hydrogen-bond donors (Lipinski definition) is 0. The topological polar surface area (TPSA) is 56.6 Å². The Bertz CT molecular complexity index is 549. The largest absolute Gasteiger partial charge is 0.385 e. The van der Waals surface area contributed by atoms with E-state index in [2.05, 4.69) is 6.07 Å². The molecule has 0 saturated carbocycles. The molecule has 0 aromatic heterocycles. The summed E-state index contributed by atoms with van der Waals surface area (Å²) in [5.41, 5.74) is 2.32. The van der Waals surface area contributed by atoms with Crippen LogP contribution in [0, 0.1) is 11.3 Å². The van der Waals surface area contributed by atoms with E-state index in [-0.39, 0.29) is 5.91 Å². The Labute approximate surface area is 119 Å². The molecule has 2 rings (SSSR count). The number of nitrogens with zero attached hydrogens (tertiary/aromatic N) is 3. The van der Waals surface area contributed by atoms with Crippen LogP contribution in [-0.4, -0.2) is 45.2 Å². The molecule has 5 heteroatoms. The smallest absolute Gasteiger partial charge is 0.257 e. The minimum Gasteiger partial charge on any atom is -0.385 e. The van der Waals surface area contributed by atoms with E-state index in [1.807, 2.05) is 37.2 Å². The molecule has 1 atom stereocenters. The van der Waals surface area contributed by atoms with Crippen LogP contribution in [0.3, 0.4) is 0 Å². The van der Waals surface area contributed by atoms with E-state index >= 15 is 0 Å². The minimum absolute atomic E-state index is 0.0630. The fourth-order valence-corrected chi connectivity index (χ4v) is 2.57. The molecule has 1 aliphatic heterocycles. The highest BCUT2D eigenvalue weighted by Crippen LogP contribution is 2.38. The maximum absolute atomic E-state index is 12.6. The zero-order valence-electron chi connectivity index (χ0n) is 12.1. The average Bonchev–Trinajstić information content (AvgIpc) is 2.71. The molecule has 0 saturated heterocycles. The molecule has 0 aliphatic carbocycles. The Morgan fingerprint density at radius 2 is 2.20 bits per heavy atom. The van der Waals surface area contributed by atoms with E-state index in [1.54, 1.807) is 12.0 Å². The predicted molar refractivity (Wildman–Crippen MR) is 76.7 cm³/mol. The van der Waals surface area contributed by atoms with E-state index in [1.165, 1.54) is 0 Å². The van der Waals surface area contributed by atoms with Gasteiger partial charge < -0.3 is 14.5 Å². The van der Waals surface area contributed by atoms with Crippen molar-refractivity contribution in [3.05, 3.63) is 29.3 Å². The third-order valence-electron chi connectivity index (χ3n) is 3.51. The fourth-order valence-electron chi connectivity index (χ4n) is 2.57. The highest BCUT2D eigenvalue weighted by molar-refractivity contribution is 6.04. The van der Waals surface area contributed by atoms with Gasteiger partial charge in [0.1, 0.15) is 6.04 Å². The van der Waals surface area contributed by atoms with Crippen LogP contribution in [0.25, 0.3) is 0 Å². The summed E-state index contributed by atoms with van der Waals surface area (Å²) in [6.45, 7) is 1.12. The number of carbonyl (C=O) groups excluding carboxylic acids is 1. The van der Waals surface area contributed by atoms with Crippen molar-refractivity contribution in [2.24, 2.45) is 0 Å². The van der Waals surface area contributed by atoms with E-state index in [0.717, 1.165) is 17.7 Å². The number of hydrogen-bond acceptors (Lipinski definition) is 4. The second-order valence-corrected chi connectivity index (χ2v) is 5.01. The van der Waals surface area contributed by atoms with Crippen molar-refractivity contribution >= 4 is 11.6 Å². The number of anilines is 1. The number of amides is 1. The fraction of sp³-hybridized carbons (Fsp3) is 0.467. The third kappa shape index (κ3) is 2.35. The van der Waals surface area contributed by atoms with Gasteiger partial charge in [0.15, 0.2) is 0 Å². The Kier molecular flexibility index (Phi) is 4.26. The second-order valence-electron chi connectivity index (χ2n) is 5.01. The lowest BCUT2D eigenvalue weighted by Crippen LogP contribution is -2.29. The first-order chi connectivity index (χ1) is 9.61. The van der Waals surface area contributed by atoms with Crippen LogP contribution in [0.1, 0.15) is 28.4 Å². The second kappa shape index (κ2) is 5.93. The van der Waals surface area contributed by atoms with Gasteiger partial charge in [-0.15, -0.1) is 0 Å². The molecular formula is C15H19N3O2. The van der Waals surface area contributed by atoms with Gasteiger partial charge in [0.2, 0.25) is 0 Å². The van der Waals surface area contributed by atoms with E-state index in [0.29, 0.717) is 18.7 Å². The molecule has 1 unspecified atom stereocenters. The number of carbonyl (C=O) groups is 1. The van der Waals surface area contributed by atoms with Crippen molar-refractivity contribution in [2.75, 3.05) is 39.3 Å². The lowest BCUT2D eigenvalue weighted by atomic mass is 10.0. The first-order valence-electron chi connectivity index (χ1n) is 6.61. The first kappa shape index (κ1) is 14.4. The molecule has 0 radical (unpaired) electrons. The summed E-state index contributed by atoms with van der Waals surface area (Å²) >= 11 is 0. The lowest BCUT2D eigenvalue weighted by molar-refractivity contribution is 0.0738. The van der Waals surface area contributed by atoms with Gasteiger partial charge in [-0.1, -0.05) is 12.1 Å². The van der Waals surface area contributed by atoms with Crippen molar-refractivity contribution in [1.82, 2.24) is 4.90 Å². The normalized spacial score (nSPS) is 17.0. The molecule has 0 spiro atoms. The molecule has 1 aliphatic rings. The highest BCUT2D eigenvalue weighted by atomic mass is 16.5. The van der Waals surface area contributed by atoms with Crippen molar-refractivity contribution in [1.29, 1.82) is 5.26 Å². The summed E-state index contributed by atoms with van der Waals surface area (Å²) in [6.07, 6.45) is 0.728. The van der Waals surface area contributed by atoms with Crippen LogP contribution in [0.4, 0.5) is 5.69 Å². The van der Waals surface area contributed by atoms with Gasteiger partial charge in [0, 0.05) is 45.6 Å². The summed E-state index contributed by atoms with van der Waals surface area (Å²) < 4.78 is 5.02. The van der Waals surface area contributed by atoms with Gasteiger partial charge in [-0.25, -0.2) is 0 Å². The molecule has 0 bridgehead atoms. The van der Waals surface area contributed by atoms with Gasteiger partial charge in [-0.2, -0.15) is 5.26 Å². The highest BCUT2D eigenvalue weighted by Gasteiger charge is 2.38. The Balaban J connectivity index is 2.36. The molecule has 1 aromatic carbocycles. The van der Waals surface area contributed by atoms with Crippen molar-refractivity contribution in [3.63, 3.8) is 0 Å². The van der Waals surface area contributed by atoms with E-state index in [4.69, 9.17) is 4.74 Å². The Hall–Kier alpha value is -2.06. The van der Waals surface area contributed by atoms with Gasteiger partial charge >= 0.3 is 0 Å². The van der Waals surface area contributed by atoms with Crippen LogP contribution < -0.4 is 4.90 Å². The van der Waals surface area contributed by atoms with Crippen LogP contribution in [-0.2, 0) is 4.74 Å². The number of nitriles is 1. The summed E-state index contributed by atoms with van der Waals surface area (Å²) in [6, 6.07) is 7.41. The molecule has 0 fully saturated rings. The number of ether oxygens (including phenoxy) is 1. The maximum Gasteiger partial charge on any atom is 0.257 e. The summed E-state index contributed by atoms with van der Waals surface area (Å²) in [7, 11) is 5.43. The van der Waals surface area contributed by atoms with Gasteiger partial charge in [-0.3, -0.25) is 4.79 Å². The zero-order chi connectivity index (χ0) is 14.7. The first-order valence-corrected chi connectivity index (χ1v) is 6.61. The summed E-state index contributed by atoms with van der Waals surface area (Å²) in [5.74, 6) is -0.0630. The van der Waals surface area contributed by atoms with Crippen molar-refractivity contribution in [2.45, 2.75) is 12.5 Å². The monoisotopic (exact) mass is 273 g/mol. The quantitative estimate of drug-likeness (QED) is 0.768. The van der Waals surface area contributed by atoms with Crippen LogP contribution in [0.2, 0.25) is 0 Å². The van der Waals surface area contributed by atoms with Crippen LogP contribution in [0.15, 0.2) is 18.2 Å². The molecule has 1 amide bonds. The molecule has 106 valence electrons. The minimum atomic E-state index is -0.491. The van der Waals surface area contributed by atoms with Gasteiger partial charge in [-0.05, 0) is 12.5 Å². The van der Waals surface area contributed by atoms with Gasteiger partial charge in [0.25, 0.3) is 5.91 Å². The van der Waals surface area contributed by atoms with Crippen LogP contribution >= 0.6 is 0 Å². The number of benzene rings is 1. The molecule has 1 aromatic rings. The van der Waals surface area contributed by atoms with E-state index in [9.17, 15) is 10.1 Å². The number of methoxy groups -OCH3 is 1. The van der Waals surface area contributed by atoms with Crippen molar-refractivity contribution in [3.8, 4) is 6.07 Å². The average molecular weight is 273 g/mol. The molecule has 5 nitrogen and oxygen atoms in total. The number of fused-ring (bicyclic) bond motifs is 1. The molecule has 20 heavy (non-hydrogen) atoms. The van der Waals surface area contributed by atoms with Crippen molar-refractivity contribution < 1.29 is 9.53 Å². The standard InChI is InChI=1S/C15H19N3O2/c1-17(2)12-7-4-6-11-13(10-16)18(8-5-9-20-3)15(19)14(11)12/h4,6-7,13H,5,8-9H2,1-3H3. The Morgan fingerprint density at radius 1 is 1.45 bits per heavy atom.